The largest absolute Gasteiger partial charge is 0.385 e. The van der Waals surface area contributed by atoms with Crippen LogP contribution < -0.4 is 5.32 Å². The van der Waals surface area contributed by atoms with Crippen molar-refractivity contribution in [3.05, 3.63) is 35.4 Å². The maximum atomic E-state index is 13.6. The van der Waals surface area contributed by atoms with E-state index in [0.29, 0.717) is 19.5 Å². The minimum Gasteiger partial charge on any atom is -0.385 e. The van der Waals surface area contributed by atoms with Gasteiger partial charge in [0.25, 0.3) is 0 Å². The molecular weight excluding hydrogens is 212 g/mol. The molecule has 0 aromatic heterocycles. The molecule has 2 atom stereocenters. The summed E-state index contributed by atoms with van der Waals surface area (Å²) in [6, 6.07) is 3.22. The second-order valence-electron chi connectivity index (χ2n) is 4.40. The average Bonchev–Trinajstić information content (AvgIpc) is 2.26. The smallest absolute Gasteiger partial charge is 0.129 e. The van der Waals surface area contributed by atoms with Gasteiger partial charge in [-0.25, -0.2) is 8.78 Å². The molecule has 0 bridgehead atoms. The van der Waals surface area contributed by atoms with Gasteiger partial charge in [0.1, 0.15) is 11.6 Å². The molecule has 88 valence electrons. The Balaban J connectivity index is 2.44. The summed E-state index contributed by atoms with van der Waals surface area (Å²) >= 11 is 0. The second-order valence-corrected chi connectivity index (χ2v) is 4.40. The molecule has 1 aromatic carbocycles. The lowest BCUT2D eigenvalue weighted by Crippen LogP contribution is -2.47. The van der Waals surface area contributed by atoms with Gasteiger partial charge in [-0.05, 0) is 31.2 Å². The van der Waals surface area contributed by atoms with E-state index in [0.717, 1.165) is 18.2 Å². The molecule has 1 fully saturated rings. The van der Waals surface area contributed by atoms with Gasteiger partial charge in [0.15, 0.2) is 0 Å². The Morgan fingerprint density at radius 2 is 2.19 bits per heavy atom. The van der Waals surface area contributed by atoms with Crippen LogP contribution in [0, 0.1) is 17.6 Å². The zero-order valence-electron chi connectivity index (χ0n) is 9.13. The number of halogens is 2. The average molecular weight is 227 g/mol. The van der Waals surface area contributed by atoms with Crippen LogP contribution in [0.3, 0.4) is 0 Å². The van der Waals surface area contributed by atoms with Gasteiger partial charge < -0.3 is 10.4 Å². The second kappa shape index (κ2) is 4.11. The molecule has 1 aliphatic rings. The van der Waals surface area contributed by atoms with Crippen molar-refractivity contribution < 1.29 is 13.9 Å². The van der Waals surface area contributed by atoms with E-state index in [4.69, 9.17) is 0 Å². The van der Waals surface area contributed by atoms with E-state index in [1.165, 1.54) is 0 Å². The van der Waals surface area contributed by atoms with E-state index in [1.807, 2.05) is 6.92 Å². The van der Waals surface area contributed by atoms with Crippen molar-refractivity contribution in [1.29, 1.82) is 0 Å². The van der Waals surface area contributed by atoms with Crippen molar-refractivity contribution in [2.24, 2.45) is 5.92 Å². The third-order valence-corrected chi connectivity index (χ3v) is 3.34. The Bertz CT molecular complexity index is 397. The number of nitrogens with one attached hydrogen (secondary N) is 1. The first-order valence-electron chi connectivity index (χ1n) is 5.42. The van der Waals surface area contributed by atoms with E-state index in [2.05, 4.69) is 5.32 Å². The zero-order chi connectivity index (χ0) is 11.8. The highest BCUT2D eigenvalue weighted by Gasteiger charge is 2.39. The number of hydrogen-bond acceptors (Lipinski definition) is 2. The van der Waals surface area contributed by atoms with Crippen LogP contribution in [0.4, 0.5) is 8.78 Å². The monoisotopic (exact) mass is 227 g/mol. The highest BCUT2D eigenvalue weighted by Crippen LogP contribution is 2.36. The maximum Gasteiger partial charge on any atom is 0.129 e. The molecule has 0 spiro atoms. The molecule has 2 nitrogen and oxygen atoms in total. The van der Waals surface area contributed by atoms with Gasteiger partial charge in [-0.1, -0.05) is 6.92 Å². The normalized spacial score (nSPS) is 30.4. The Morgan fingerprint density at radius 3 is 2.88 bits per heavy atom. The lowest BCUT2D eigenvalue weighted by Gasteiger charge is -2.39. The minimum atomic E-state index is -1.27. The predicted octanol–water partition coefficient (Wildman–Crippen LogP) is 1.78. The van der Waals surface area contributed by atoms with Crippen LogP contribution in [-0.4, -0.2) is 18.2 Å². The fourth-order valence-corrected chi connectivity index (χ4v) is 2.24. The summed E-state index contributed by atoms with van der Waals surface area (Å²) in [6.07, 6.45) is 0.397. The molecule has 1 aliphatic heterocycles. The first kappa shape index (κ1) is 11.5. The molecule has 0 amide bonds. The standard InChI is InChI=1S/C12H15F2NO/c1-8-7-15-5-4-12(8,16)10-6-9(13)2-3-11(10)14/h2-3,6,8,15-16H,4-5,7H2,1H3. The number of benzene rings is 1. The van der Waals surface area contributed by atoms with Gasteiger partial charge >= 0.3 is 0 Å². The minimum absolute atomic E-state index is 0.0708. The number of piperidine rings is 1. The van der Waals surface area contributed by atoms with Gasteiger partial charge in [0, 0.05) is 18.0 Å². The number of rotatable bonds is 1. The molecule has 1 heterocycles. The summed E-state index contributed by atoms with van der Waals surface area (Å²) < 4.78 is 26.7. The molecule has 4 heteroatoms. The van der Waals surface area contributed by atoms with Crippen LogP contribution in [-0.2, 0) is 5.60 Å². The maximum absolute atomic E-state index is 13.6. The van der Waals surface area contributed by atoms with E-state index in [1.54, 1.807) is 0 Å². The van der Waals surface area contributed by atoms with Crippen molar-refractivity contribution in [3.63, 3.8) is 0 Å². The van der Waals surface area contributed by atoms with Gasteiger partial charge in [0.2, 0.25) is 0 Å². The van der Waals surface area contributed by atoms with Crippen LogP contribution in [0.5, 0.6) is 0 Å². The SMILES string of the molecule is CC1CNCCC1(O)c1cc(F)ccc1F. The summed E-state index contributed by atoms with van der Waals surface area (Å²) in [5, 5.41) is 13.6. The highest BCUT2D eigenvalue weighted by atomic mass is 19.1. The van der Waals surface area contributed by atoms with E-state index >= 15 is 0 Å². The van der Waals surface area contributed by atoms with E-state index in [-0.39, 0.29) is 11.5 Å². The van der Waals surface area contributed by atoms with E-state index in [9.17, 15) is 13.9 Å². The molecule has 0 saturated carbocycles. The Kier molecular flexibility index (Phi) is 2.95. The Hall–Kier alpha value is -1.00. The first-order chi connectivity index (χ1) is 7.54. The molecule has 2 unspecified atom stereocenters. The predicted molar refractivity (Wildman–Crippen MR) is 56.9 cm³/mol. The zero-order valence-corrected chi connectivity index (χ0v) is 9.13. The van der Waals surface area contributed by atoms with Gasteiger partial charge in [-0.15, -0.1) is 0 Å². The molecule has 0 aliphatic carbocycles. The third-order valence-electron chi connectivity index (χ3n) is 3.34. The van der Waals surface area contributed by atoms with Crippen molar-refractivity contribution >= 4 is 0 Å². The summed E-state index contributed by atoms with van der Waals surface area (Å²) in [4.78, 5) is 0. The van der Waals surface area contributed by atoms with Crippen molar-refractivity contribution in [3.8, 4) is 0 Å². The topological polar surface area (TPSA) is 32.3 Å². The lowest BCUT2D eigenvalue weighted by atomic mass is 9.77. The summed E-state index contributed by atoms with van der Waals surface area (Å²) in [5.41, 5.74) is -1.20. The summed E-state index contributed by atoms with van der Waals surface area (Å²) in [5.74, 6) is -1.20. The first-order valence-corrected chi connectivity index (χ1v) is 5.42. The third kappa shape index (κ3) is 1.83. The Labute approximate surface area is 93.3 Å². The van der Waals surface area contributed by atoms with Crippen molar-refractivity contribution in [2.75, 3.05) is 13.1 Å². The number of hydrogen-bond donors (Lipinski definition) is 2. The number of aliphatic hydroxyl groups is 1. The highest BCUT2D eigenvalue weighted by molar-refractivity contribution is 5.26. The van der Waals surface area contributed by atoms with Crippen LogP contribution in [0.1, 0.15) is 18.9 Å². The van der Waals surface area contributed by atoms with Gasteiger partial charge in [-0.3, -0.25) is 0 Å². The summed E-state index contributed by atoms with van der Waals surface area (Å²) in [6.45, 7) is 3.04. The van der Waals surface area contributed by atoms with Crippen LogP contribution in [0.2, 0.25) is 0 Å². The quantitative estimate of drug-likeness (QED) is 0.766. The van der Waals surface area contributed by atoms with Crippen molar-refractivity contribution in [1.82, 2.24) is 5.32 Å². The molecule has 16 heavy (non-hydrogen) atoms. The van der Waals surface area contributed by atoms with Crippen LogP contribution >= 0.6 is 0 Å². The van der Waals surface area contributed by atoms with Crippen molar-refractivity contribution in [2.45, 2.75) is 18.9 Å². The van der Waals surface area contributed by atoms with Gasteiger partial charge in [-0.2, -0.15) is 0 Å². The summed E-state index contributed by atoms with van der Waals surface area (Å²) in [7, 11) is 0. The van der Waals surface area contributed by atoms with Crippen LogP contribution in [0.15, 0.2) is 18.2 Å². The van der Waals surface area contributed by atoms with Crippen LogP contribution in [0.25, 0.3) is 0 Å². The molecule has 2 N–H and O–H groups in total. The van der Waals surface area contributed by atoms with Gasteiger partial charge in [0.05, 0.1) is 5.60 Å². The molecule has 0 radical (unpaired) electrons. The fraction of sp³-hybridized carbons (Fsp3) is 0.500. The molecule has 2 rings (SSSR count). The van der Waals surface area contributed by atoms with E-state index < -0.39 is 17.2 Å². The molecular formula is C12H15F2NO. The molecule has 1 aromatic rings. The lowest BCUT2D eigenvalue weighted by molar-refractivity contribution is -0.0422. The fourth-order valence-electron chi connectivity index (χ4n) is 2.24. The molecule has 1 saturated heterocycles. The Morgan fingerprint density at radius 1 is 1.44 bits per heavy atom.